The number of hydrogen-bond acceptors (Lipinski definition) is 6. The molecule has 3 rings (SSSR count). The molecular weight excluding hydrogens is 310 g/mol. The third kappa shape index (κ3) is 2.40. The van der Waals surface area contributed by atoms with E-state index >= 15 is 0 Å². The molecule has 0 spiro atoms. The largest absolute Gasteiger partial charge is 0.378 e. The number of rotatable bonds is 4. The fourth-order valence-electron chi connectivity index (χ4n) is 2.71. The molecule has 116 valence electrons. The standard InChI is InChI=1S/C14H19N3O2S.ClH/c1-4-18-10-7-14(15,13(10,2)3)12-16-11(17-19-12)9-5-6-20-8-9;/h5-6,8,10H,4,7,15H2,1-3H3;1H. The number of halogens is 1. The summed E-state index contributed by atoms with van der Waals surface area (Å²) >= 11 is 1.60. The van der Waals surface area contributed by atoms with Crippen LogP contribution in [0, 0.1) is 5.41 Å². The van der Waals surface area contributed by atoms with Crippen molar-refractivity contribution in [3.8, 4) is 11.4 Å². The van der Waals surface area contributed by atoms with Crippen LogP contribution >= 0.6 is 23.7 Å². The van der Waals surface area contributed by atoms with Gasteiger partial charge in [-0.25, -0.2) is 0 Å². The first kappa shape index (κ1) is 16.4. The molecule has 0 aromatic carbocycles. The van der Waals surface area contributed by atoms with E-state index in [4.69, 9.17) is 15.0 Å². The molecule has 1 saturated carbocycles. The molecule has 5 nitrogen and oxygen atoms in total. The van der Waals surface area contributed by atoms with Gasteiger partial charge in [-0.3, -0.25) is 0 Å². The van der Waals surface area contributed by atoms with Crippen LogP contribution in [0.15, 0.2) is 21.3 Å². The molecular formula is C14H20ClN3O2S. The highest BCUT2D eigenvalue weighted by atomic mass is 35.5. The summed E-state index contributed by atoms with van der Waals surface area (Å²) in [7, 11) is 0. The van der Waals surface area contributed by atoms with Gasteiger partial charge in [0.2, 0.25) is 11.7 Å². The second-order valence-corrected chi connectivity index (χ2v) is 6.56. The summed E-state index contributed by atoms with van der Waals surface area (Å²) in [5.41, 5.74) is 6.64. The van der Waals surface area contributed by atoms with Gasteiger partial charge in [0.05, 0.1) is 6.10 Å². The van der Waals surface area contributed by atoms with Gasteiger partial charge in [0.1, 0.15) is 5.54 Å². The highest BCUT2D eigenvalue weighted by molar-refractivity contribution is 7.08. The van der Waals surface area contributed by atoms with E-state index in [0.29, 0.717) is 24.7 Å². The Balaban J connectivity index is 0.00000161. The van der Waals surface area contributed by atoms with Gasteiger partial charge >= 0.3 is 0 Å². The monoisotopic (exact) mass is 329 g/mol. The first-order valence-electron chi connectivity index (χ1n) is 6.76. The van der Waals surface area contributed by atoms with Crippen LogP contribution < -0.4 is 5.73 Å². The Morgan fingerprint density at radius 2 is 2.29 bits per heavy atom. The molecule has 0 bridgehead atoms. The average Bonchev–Trinajstić information content (AvgIpc) is 3.09. The van der Waals surface area contributed by atoms with Gasteiger partial charge < -0.3 is 15.0 Å². The molecule has 0 saturated heterocycles. The van der Waals surface area contributed by atoms with Crippen LogP contribution in [0.1, 0.15) is 33.1 Å². The summed E-state index contributed by atoms with van der Waals surface area (Å²) in [5.74, 6) is 1.10. The molecule has 21 heavy (non-hydrogen) atoms. The average molecular weight is 330 g/mol. The highest BCUT2D eigenvalue weighted by Gasteiger charge is 2.62. The van der Waals surface area contributed by atoms with Gasteiger partial charge in [-0.15, -0.1) is 12.4 Å². The van der Waals surface area contributed by atoms with Crippen molar-refractivity contribution in [3.63, 3.8) is 0 Å². The van der Waals surface area contributed by atoms with Crippen molar-refractivity contribution in [2.45, 2.75) is 38.8 Å². The molecule has 2 aromatic rings. The minimum atomic E-state index is -0.617. The zero-order valence-corrected chi connectivity index (χ0v) is 14.0. The molecule has 2 unspecified atom stereocenters. The second kappa shape index (κ2) is 5.68. The van der Waals surface area contributed by atoms with Gasteiger partial charge in [0.15, 0.2) is 0 Å². The molecule has 2 atom stereocenters. The van der Waals surface area contributed by atoms with Gasteiger partial charge in [0.25, 0.3) is 0 Å². The summed E-state index contributed by atoms with van der Waals surface area (Å²) in [6.45, 7) is 6.86. The van der Waals surface area contributed by atoms with Crippen molar-refractivity contribution in [1.82, 2.24) is 10.1 Å². The lowest BCUT2D eigenvalue weighted by atomic mass is 9.54. The summed E-state index contributed by atoms with van der Waals surface area (Å²) in [4.78, 5) is 4.49. The van der Waals surface area contributed by atoms with Crippen LogP contribution in [0.3, 0.4) is 0 Å². The van der Waals surface area contributed by atoms with Crippen molar-refractivity contribution >= 4 is 23.7 Å². The Hall–Kier alpha value is -0.950. The van der Waals surface area contributed by atoms with Crippen molar-refractivity contribution < 1.29 is 9.26 Å². The topological polar surface area (TPSA) is 74.2 Å². The van der Waals surface area contributed by atoms with E-state index in [1.807, 2.05) is 23.8 Å². The maximum Gasteiger partial charge on any atom is 0.247 e. The molecule has 7 heteroatoms. The third-order valence-corrected chi connectivity index (χ3v) is 5.10. The predicted octanol–water partition coefficient (Wildman–Crippen LogP) is 3.21. The number of thiophene rings is 1. The van der Waals surface area contributed by atoms with Crippen LogP contribution in [0.4, 0.5) is 0 Å². The van der Waals surface area contributed by atoms with Gasteiger partial charge in [-0.05, 0) is 18.4 Å². The summed E-state index contributed by atoms with van der Waals surface area (Å²) < 4.78 is 11.1. The van der Waals surface area contributed by atoms with Gasteiger partial charge in [-0.2, -0.15) is 16.3 Å². The Kier molecular flexibility index (Phi) is 4.44. The zero-order valence-electron chi connectivity index (χ0n) is 12.3. The van der Waals surface area contributed by atoms with Crippen LogP contribution in [0.2, 0.25) is 0 Å². The van der Waals surface area contributed by atoms with Crippen LogP contribution in [0.5, 0.6) is 0 Å². The maximum absolute atomic E-state index is 6.52. The van der Waals surface area contributed by atoms with Crippen LogP contribution in [-0.4, -0.2) is 22.9 Å². The van der Waals surface area contributed by atoms with E-state index in [1.165, 1.54) is 0 Å². The summed E-state index contributed by atoms with van der Waals surface area (Å²) in [6.07, 6.45) is 0.841. The molecule has 1 aliphatic carbocycles. The van der Waals surface area contributed by atoms with Gasteiger partial charge in [-0.1, -0.05) is 19.0 Å². The molecule has 2 N–H and O–H groups in total. The number of nitrogens with zero attached hydrogens (tertiary/aromatic N) is 2. The minimum absolute atomic E-state index is 0. The normalized spacial score (nSPS) is 27.0. The first-order valence-corrected chi connectivity index (χ1v) is 7.70. The van der Waals surface area contributed by atoms with Crippen molar-refractivity contribution in [2.24, 2.45) is 11.1 Å². The van der Waals surface area contributed by atoms with Crippen molar-refractivity contribution in [3.05, 3.63) is 22.7 Å². The van der Waals surface area contributed by atoms with E-state index in [0.717, 1.165) is 5.56 Å². The molecule has 0 aliphatic heterocycles. The maximum atomic E-state index is 6.52. The van der Waals surface area contributed by atoms with Crippen LogP contribution in [0.25, 0.3) is 11.4 Å². The van der Waals surface area contributed by atoms with Crippen molar-refractivity contribution in [1.29, 1.82) is 0 Å². The predicted molar refractivity (Wildman–Crippen MR) is 84.5 cm³/mol. The lowest BCUT2D eigenvalue weighted by Gasteiger charge is -2.56. The molecule has 0 radical (unpaired) electrons. The lowest BCUT2D eigenvalue weighted by Crippen LogP contribution is -2.67. The summed E-state index contributed by atoms with van der Waals surface area (Å²) in [6, 6.07) is 1.97. The minimum Gasteiger partial charge on any atom is -0.378 e. The smallest absolute Gasteiger partial charge is 0.247 e. The molecule has 0 amide bonds. The number of aromatic nitrogens is 2. The number of nitrogens with two attached hydrogens (primary N) is 1. The fourth-order valence-corrected chi connectivity index (χ4v) is 3.35. The second-order valence-electron chi connectivity index (χ2n) is 5.78. The lowest BCUT2D eigenvalue weighted by molar-refractivity contribution is -0.162. The quantitative estimate of drug-likeness (QED) is 0.932. The number of hydrogen-bond donors (Lipinski definition) is 1. The first-order chi connectivity index (χ1) is 9.49. The van der Waals surface area contributed by atoms with E-state index in [1.54, 1.807) is 11.3 Å². The molecule has 1 aliphatic rings. The molecule has 1 fully saturated rings. The van der Waals surface area contributed by atoms with Crippen molar-refractivity contribution in [2.75, 3.05) is 6.61 Å². The Labute approximate surface area is 134 Å². The van der Waals surface area contributed by atoms with E-state index in [2.05, 4.69) is 24.0 Å². The Morgan fingerprint density at radius 3 is 2.86 bits per heavy atom. The summed E-state index contributed by atoms with van der Waals surface area (Å²) in [5, 5.41) is 8.02. The molecule has 2 aromatic heterocycles. The highest BCUT2D eigenvalue weighted by Crippen LogP contribution is 2.55. The fraction of sp³-hybridized carbons (Fsp3) is 0.571. The third-order valence-electron chi connectivity index (χ3n) is 4.42. The van der Waals surface area contributed by atoms with Crippen LogP contribution in [-0.2, 0) is 10.3 Å². The van der Waals surface area contributed by atoms with E-state index < -0.39 is 5.54 Å². The Bertz CT molecular complexity index is 599. The molecule has 2 heterocycles. The van der Waals surface area contributed by atoms with Gasteiger partial charge in [0, 0.05) is 29.4 Å². The van der Waals surface area contributed by atoms with E-state index in [-0.39, 0.29) is 23.9 Å². The number of ether oxygens (including phenoxy) is 1. The zero-order chi connectivity index (χ0) is 14.4. The SMILES string of the molecule is CCOC1CC(N)(c2nc(-c3ccsc3)no2)C1(C)C.Cl. The van der Waals surface area contributed by atoms with E-state index in [9.17, 15) is 0 Å². The Morgan fingerprint density at radius 1 is 1.52 bits per heavy atom.